The summed E-state index contributed by atoms with van der Waals surface area (Å²) in [5, 5.41) is 27.6. The van der Waals surface area contributed by atoms with Gasteiger partial charge >= 0.3 is 0 Å². The minimum Gasteiger partial charge on any atom is -0.192 e. The Labute approximate surface area is 79.4 Å². The Morgan fingerprint density at radius 1 is 1.15 bits per heavy atom. The average molecular weight is 185 g/mol. The maximum absolute atomic E-state index is 8.73. The molecule has 1 heterocycles. The molecule has 0 N–H and O–H groups in total. The normalized spacial score (nSPS) is 7.77. The van der Waals surface area contributed by atoms with Crippen molar-refractivity contribution in [3.8, 4) is 18.2 Å². The van der Waals surface area contributed by atoms with Gasteiger partial charge in [0.2, 0.25) is 0 Å². The van der Waals surface area contributed by atoms with E-state index in [-0.39, 0.29) is 11.1 Å². The van der Waals surface area contributed by atoms with Gasteiger partial charge in [0.1, 0.15) is 23.8 Å². The molecule has 13 heavy (non-hydrogen) atoms. The van der Waals surface area contributed by atoms with Crippen molar-refractivity contribution in [3.05, 3.63) is 28.0 Å². The molecule has 0 aliphatic carbocycles. The highest BCUT2D eigenvalue weighted by Gasteiger charge is 2.08. The molecule has 1 rings (SSSR count). The molecular weight excluding hydrogens is 182 g/mol. The quantitative estimate of drug-likeness (QED) is 0.629. The number of hydrogen-bond donors (Lipinski definition) is 0. The van der Waals surface area contributed by atoms with E-state index in [0.29, 0.717) is 4.88 Å². The van der Waals surface area contributed by atoms with Crippen molar-refractivity contribution in [1.29, 1.82) is 15.8 Å². The highest BCUT2D eigenvalue weighted by atomic mass is 32.1. The first kappa shape index (κ1) is 9.00. The third-order valence-corrected chi connectivity index (χ3v) is 2.24. The molecule has 1 aromatic rings. The van der Waals surface area contributed by atoms with Gasteiger partial charge in [0.05, 0.1) is 5.57 Å². The largest absolute Gasteiger partial charge is 0.192 e. The molecule has 1 aromatic heterocycles. The number of nitriles is 3. The van der Waals surface area contributed by atoms with Gasteiger partial charge in [-0.1, -0.05) is 6.07 Å². The van der Waals surface area contributed by atoms with E-state index >= 15 is 0 Å². The van der Waals surface area contributed by atoms with E-state index in [4.69, 9.17) is 15.8 Å². The molecule has 0 fully saturated rings. The van der Waals surface area contributed by atoms with E-state index in [1.54, 1.807) is 29.7 Å². The third kappa shape index (κ3) is 1.73. The van der Waals surface area contributed by atoms with Crippen LogP contribution in [-0.2, 0) is 0 Å². The van der Waals surface area contributed by atoms with Crippen molar-refractivity contribution in [2.24, 2.45) is 0 Å². The summed E-state index contributed by atoms with van der Waals surface area (Å²) in [6, 6.07) is 8.71. The van der Waals surface area contributed by atoms with Crippen molar-refractivity contribution in [2.75, 3.05) is 0 Å². The molecule has 0 aliphatic heterocycles. The van der Waals surface area contributed by atoms with E-state index in [0.717, 1.165) is 0 Å². The zero-order chi connectivity index (χ0) is 9.68. The van der Waals surface area contributed by atoms with E-state index < -0.39 is 0 Å². The first-order chi connectivity index (χ1) is 6.33. The van der Waals surface area contributed by atoms with Gasteiger partial charge in [0, 0.05) is 4.88 Å². The lowest BCUT2D eigenvalue weighted by Gasteiger charge is -1.90. The van der Waals surface area contributed by atoms with Gasteiger partial charge in [-0.05, 0) is 11.4 Å². The fourth-order valence-corrected chi connectivity index (χ4v) is 1.52. The molecule has 0 radical (unpaired) electrons. The summed E-state index contributed by atoms with van der Waals surface area (Å²) in [7, 11) is 0. The molecular formula is C9H3N3S. The standard InChI is InChI=1S/C9H3N3S/c10-4-7(5-11)8(6-12)9-2-1-3-13-9/h1-3H. The fraction of sp³-hybridized carbons (Fsp3) is 0. The monoisotopic (exact) mass is 185 g/mol. The Morgan fingerprint density at radius 2 is 1.85 bits per heavy atom. The predicted octanol–water partition coefficient (Wildman–Crippen LogP) is 2.07. The zero-order valence-corrected chi connectivity index (χ0v) is 7.30. The van der Waals surface area contributed by atoms with Crippen molar-refractivity contribution < 1.29 is 0 Å². The lowest BCUT2D eigenvalue weighted by molar-refractivity contribution is 1.46. The molecule has 0 atom stereocenters. The summed E-state index contributed by atoms with van der Waals surface area (Å²) >= 11 is 1.33. The van der Waals surface area contributed by atoms with Gasteiger partial charge in [0.15, 0.2) is 0 Å². The second kappa shape index (κ2) is 4.07. The molecule has 0 bridgehead atoms. The van der Waals surface area contributed by atoms with Gasteiger partial charge in [-0.15, -0.1) is 11.3 Å². The highest BCUT2D eigenvalue weighted by Crippen LogP contribution is 2.22. The molecule has 0 saturated heterocycles. The van der Waals surface area contributed by atoms with Gasteiger partial charge in [-0.3, -0.25) is 0 Å². The lowest BCUT2D eigenvalue weighted by Crippen LogP contribution is -1.81. The van der Waals surface area contributed by atoms with Gasteiger partial charge < -0.3 is 0 Å². The minimum atomic E-state index is -0.134. The second-order valence-corrected chi connectivity index (χ2v) is 3.01. The fourth-order valence-electron chi connectivity index (χ4n) is 0.792. The topological polar surface area (TPSA) is 71.4 Å². The molecule has 4 heteroatoms. The Morgan fingerprint density at radius 3 is 2.23 bits per heavy atom. The molecule has 60 valence electrons. The second-order valence-electron chi connectivity index (χ2n) is 2.06. The van der Waals surface area contributed by atoms with Crippen LogP contribution in [0.2, 0.25) is 0 Å². The summed E-state index contributed by atoms with van der Waals surface area (Å²) < 4.78 is 0. The van der Waals surface area contributed by atoms with Gasteiger partial charge in [-0.25, -0.2) is 0 Å². The van der Waals surface area contributed by atoms with E-state index in [9.17, 15) is 0 Å². The number of rotatable bonds is 1. The number of thiophene rings is 1. The lowest BCUT2D eigenvalue weighted by atomic mass is 10.1. The van der Waals surface area contributed by atoms with Crippen molar-refractivity contribution in [3.63, 3.8) is 0 Å². The summed E-state index contributed by atoms with van der Waals surface area (Å²) in [6.45, 7) is 0. The van der Waals surface area contributed by atoms with Gasteiger partial charge in [-0.2, -0.15) is 15.8 Å². The molecule has 0 saturated carbocycles. The van der Waals surface area contributed by atoms with Crippen LogP contribution in [0.4, 0.5) is 0 Å². The van der Waals surface area contributed by atoms with Crippen LogP contribution in [0.25, 0.3) is 5.57 Å². The molecule has 0 aromatic carbocycles. The van der Waals surface area contributed by atoms with Crippen LogP contribution < -0.4 is 0 Å². The summed E-state index contributed by atoms with van der Waals surface area (Å²) in [5.41, 5.74) is 0.0185. The SMILES string of the molecule is N#CC(C#N)=C(C#N)c1cccs1. The molecule has 0 spiro atoms. The first-order valence-corrected chi connectivity index (χ1v) is 4.20. The van der Waals surface area contributed by atoms with Crippen LogP contribution >= 0.6 is 11.3 Å². The molecule has 0 unspecified atom stereocenters. The average Bonchev–Trinajstić information content (AvgIpc) is 2.66. The third-order valence-electron chi connectivity index (χ3n) is 1.35. The minimum absolute atomic E-state index is 0.134. The molecule has 3 nitrogen and oxygen atoms in total. The van der Waals surface area contributed by atoms with Crippen LogP contribution in [-0.4, -0.2) is 0 Å². The maximum Gasteiger partial charge on any atom is 0.148 e. The highest BCUT2D eigenvalue weighted by molar-refractivity contribution is 7.11. The number of allylic oxidation sites excluding steroid dienone is 2. The van der Waals surface area contributed by atoms with Crippen LogP contribution in [0.15, 0.2) is 23.1 Å². The molecule has 0 amide bonds. The Hall–Kier alpha value is -2.09. The molecule has 0 aliphatic rings. The van der Waals surface area contributed by atoms with Crippen molar-refractivity contribution in [2.45, 2.75) is 0 Å². The summed E-state index contributed by atoms with van der Waals surface area (Å²) in [4.78, 5) is 0.653. The smallest absolute Gasteiger partial charge is 0.148 e. The maximum atomic E-state index is 8.73. The Balaban J connectivity index is 3.32. The van der Waals surface area contributed by atoms with Crippen molar-refractivity contribution in [1.82, 2.24) is 0 Å². The van der Waals surface area contributed by atoms with Crippen LogP contribution in [0.3, 0.4) is 0 Å². The summed E-state index contributed by atoms with van der Waals surface area (Å²) in [6.07, 6.45) is 0. The number of hydrogen-bond acceptors (Lipinski definition) is 4. The van der Waals surface area contributed by atoms with E-state index in [2.05, 4.69) is 0 Å². The first-order valence-electron chi connectivity index (χ1n) is 3.32. The van der Waals surface area contributed by atoms with Crippen LogP contribution in [0, 0.1) is 34.0 Å². The van der Waals surface area contributed by atoms with Crippen molar-refractivity contribution >= 4 is 16.9 Å². The number of nitrogens with zero attached hydrogens (tertiary/aromatic N) is 3. The Kier molecular flexibility index (Phi) is 2.82. The van der Waals surface area contributed by atoms with Crippen LogP contribution in [0.1, 0.15) is 4.88 Å². The van der Waals surface area contributed by atoms with E-state index in [1.807, 2.05) is 6.07 Å². The van der Waals surface area contributed by atoms with Gasteiger partial charge in [0.25, 0.3) is 0 Å². The van der Waals surface area contributed by atoms with Crippen LogP contribution in [0.5, 0.6) is 0 Å². The Bertz CT molecular complexity index is 433. The predicted molar refractivity (Wildman–Crippen MR) is 48.1 cm³/mol. The zero-order valence-electron chi connectivity index (χ0n) is 6.48. The van der Waals surface area contributed by atoms with E-state index in [1.165, 1.54) is 11.3 Å². The summed E-state index contributed by atoms with van der Waals surface area (Å²) in [5.74, 6) is 0.